The Morgan fingerprint density at radius 3 is 1.74 bits per heavy atom. The molecule has 10 aromatic rings. The number of nitrogens with one attached hydrogen (secondary N) is 1. The first kappa shape index (κ1) is 37.3. The van der Waals surface area contributed by atoms with E-state index in [0.29, 0.717) is 0 Å². The van der Waals surface area contributed by atoms with Crippen molar-refractivity contribution in [2.24, 2.45) is 15.9 Å². The molecule has 1 N–H and O–H groups in total. The van der Waals surface area contributed by atoms with Gasteiger partial charge in [-0.1, -0.05) is 188 Å². The van der Waals surface area contributed by atoms with Crippen molar-refractivity contribution >= 4 is 33.5 Å². The second-order valence-corrected chi connectivity index (χ2v) is 19.2. The molecule has 0 saturated heterocycles. The number of rotatable bonds is 4. The van der Waals surface area contributed by atoms with Gasteiger partial charge in [-0.15, -0.1) is 0 Å². The second-order valence-electron chi connectivity index (χ2n) is 19.2. The summed E-state index contributed by atoms with van der Waals surface area (Å²) in [5.74, 6) is 3.36. The van der Waals surface area contributed by atoms with Crippen molar-refractivity contribution in [3.05, 3.63) is 275 Å². The van der Waals surface area contributed by atoms with Gasteiger partial charge in [-0.2, -0.15) is 0 Å². The highest BCUT2D eigenvalue weighted by atomic mass is 16.5. The summed E-state index contributed by atoms with van der Waals surface area (Å²) in [6.07, 6.45) is 6.53. The van der Waals surface area contributed by atoms with Crippen LogP contribution in [0.4, 0.5) is 0 Å². The van der Waals surface area contributed by atoms with Crippen LogP contribution in [0.2, 0.25) is 0 Å². The summed E-state index contributed by atoms with van der Waals surface area (Å²) in [5.41, 5.74) is 17.7. The van der Waals surface area contributed by atoms with Crippen molar-refractivity contribution in [2.45, 2.75) is 16.5 Å². The number of benzene rings is 9. The molecule has 0 radical (unpaired) electrons. The van der Waals surface area contributed by atoms with Gasteiger partial charge in [0.25, 0.3) is 0 Å². The third-order valence-corrected chi connectivity index (χ3v) is 16.1. The number of aliphatic imine (C=N–C) groups is 2. The summed E-state index contributed by atoms with van der Waals surface area (Å²) in [6.45, 7) is 0. The van der Waals surface area contributed by atoms with Crippen molar-refractivity contribution < 1.29 is 4.74 Å². The molecule has 3 spiro atoms. The van der Waals surface area contributed by atoms with Gasteiger partial charge >= 0.3 is 0 Å². The van der Waals surface area contributed by atoms with Gasteiger partial charge in [0, 0.05) is 44.6 Å². The Morgan fingerprint density at radius 1 is 0.478 bits per heavy atom. The number of hydrogen-bond donors (Lipinski definition) is 1. The Hall–Kier alpha value is -8.80. The first-order valence-corrected chi connectivity index (χ1v) is 23.9. The molecule has 4 aliphatic carbocycles. The first-order chi connectivity index (χ1) is 34.2. The molecular weight excluding hydrogens is 841 g/mol. The van der Waals surface area contributed by atoms with Gasteiger partial charge in [0.2, 0.25) is 0 Å². The fraction of sp³-hybridized carbons (Fsp3) is 0.0625. The molecule has 2 unspecified atom stereocenters. The van der Waals surface area contributed by atoms with E-state index in [0.717, 1.165) is 56.7 Å². The van der Waals surface area contributed by atoms with Crippen molar-refractivity contribution in [2.75, 3.05) is 0 Å². The highest BCUT2D eigenvalue weighted by molar-refractivity contribution is 6.18. The van der Waals surface area contributed by atoms with Crippen LogP contribution in [-0.4, -0.2) is 21.9 Å². The summed E-state index contributed by atoms with van der Waals surface area (Å²) >= 11 is 0. The molecule has 5 nitrogen and oxygen atoms in total. The molecule has 69 heavy (non-hydrogen) atoms. The largest absolute Gasteiger partial charge is 0.460 e. The maximum atomic E-state index is 6.84. The van der Waals surface area contributed by atoms with E-state index in [1.54, 1.807) is 0 Å². The summed E-state index contributed by atoms with van der Waals surface area (Å²) in [4.78, 5) is 11.2. The molecule has 2 aliphatic heterocycles. The topological polar surface area (TPSA) is 50.9 Å². The zero-order valence-corrected chi connectivity index (χ0v) is 37.3. The Bertz CT molecular complexity index is 3930. The number of ether oxygens (including phenoxy) is 1. The van der Waals surface area contributed by atoms with Gasteiger partial charge in [0.15, 0.2) is 5.66 Å². The molecule has 5 heteroatoms. The quantitative estimate of drug-likeness (QED) is 0.191. The lowest BCUT2D eigenvalue weighted by atomic mass is 9.70. The number of allylic oxidation sites excluding steroid dienone is 2. The van der Waals surface area contributed by atoms with Crippen LogP contribution in [0.1, 0.15) is 38.9 Å². The molecule has 6 aliphatic rings. The van der Waals surface area contributed by atoms with Crippen LogP contribution >= 0.6 is 0 Å². The number of aromatic nitrogens is 1. The van der Waals surface area contributed by atoms with Gasteiger partial charge in [0.1, 0.15) is 28.6 Å². The molecule has 16 rings (SSSR count). The maximum Gasteiger partial charge on any atom is 0.179 e. The van der Waals surface area contributed by atoms with Crippen LogP contribution in [0.25, 0.3) is 60.9 Å². The van der Waals surface area contributed by atoms with E-state index in [2.05, 4.69) is 228 Å². The van der Waals surface area contributed by atoms with Gasteiger partial charge in [-0.3, -0.25) is 0 Å². The average molecular weight is 881 g/mol. The first-order valence-electron chi connectivity index (χ1n) is 23.9. The number of hydrogen-bond acceptors (Lipinski definition) is 4. The lowest BCUT2D eigenvalue weighted by Gasteiger charge is -2.30. The number of amidine groups is 2. The van der Waals surface area contributed by atoms with Crippen LogP contribution in [0, 0.1) is 5.92 Å². The highest BCUT2D eigenvalue weighted by Crippen LogP contribution is 2.76. The minimum absolute atomic E-state index is 0.0283. The third kappa shape index (κ3) is 4.56. The monoisotopic (exact) mass is 880 g/mol. The third-order valence-electron chi connectivity index (χ3n) is 16.1. The molecular formula is C64H40N4O. The van der Waals surface area contributed by atoms with Gasteiger partial charge in [0.05, 0.1) is 16.4 Å². The number of fused-ring (bicyclic) bond motifs is 16. The maximum absolute atomic E-state index is 6.84. The lowest BCUT2D eigenvalue weighted by Crippen LogP contribution is -2.40. The van der Waals surface area contributed by atoms with Crippen LogP contribution in [-0.2, 0) is 10.8 Å². The Balaban J connectivity index is 0.908. The summed E-state index contributed by atoms with van der Waals surface area (Å²) in [7, 11) is 0. The molecule has 1 fully saturated rings. The van der Waals surface area contributed by atoms with Crippen LogP contribution in [0.15, 0.2) is 246 Å². The van der Waals surface area contributed by atoms with Gasteiger partial charge in [-0.05, 0) is 92.5 Å². The van der Waals surface area contributed by atoms with E-state index < -0.39 is 16.5 Å². The van der Waals surface area contributed by atoms with Crippen molar-refractivity contribution in [1.29, 1.82) is 0 Å². The number of nitrogens with zero attached hydrogens (tertiary/aromatic N) is 3. The fourth-order valence-corrected chi connectivity index (χ4v) is 13.3. The molecule has 0 amide bonds. The summed E-state index contributed by atoms with van der Waals surface area (Å²) < 4.78 is 9.35. The molecule has 322 valence electrons. The highest BCUT2D eigenvalue weighted by Gasteiger charge is 2.84. The smallest absolute Gasteiger partial charge is 0.179 e. The number of para-hydroxylation sites is 1. The molecule has 1 saturated carbocycles. The Morgan fingerprint density at radius 2 is 1.06 bits per heavy atom. The minimum Gasteiger partial charge on any atom is -0.460 e. The van der Waals surface area contributed by atoms with E-state index in [1.165, 1.54) is 66.3 Å². The molecule has 0 bridgehead atoms. The van der Waals surface area contributed by atoms with Crippen molar-refractivity contribution in [3.8, 4) is 44.8 Å². The van der Waals surface area contributed by atoms with E-state index >= 15 is 0 Å². The predicted octanol–water partition coefficient (Wildman–Crippen LogP) is 13.7. The Kier molecular flexibility index (Phi) is 7.14. The zero-order chi connectivity index (χ0) is 45.1. The predicted molar refractivity (Wildman–Crippen MR) is 277 cm³/mol. The minimum atomic E-state index is -0.835. The van der Waals surface area contributed by atoms with E-state index in [9.17, 15) is 0 Å². The molecule has 2 atom stereocenters. The SMILES string of the molecule is C1=CC2C3(N=C(c4ccccc4)NC(c4ccccc4)=N3)C23C(=C1)Oc1ccc(-c2ccc4c(c2)c2ccc5c(c2n4-c2ccccc2)-c2ccccc2C52c4ccccc4-c4ccccc42)cc13. The van der Waals surface area contributed by atoms with Gasteiger partial charge < -0.3 is 14.6 Å². The standard InChI is InChI=1S/C64H40N4O/c1-4-17-39(18-5-1)60-65-61(40-19-6-2-7-20-40)67-64(66-60)56-29-16-30-57-63(56,64)53-38-42(32-36-55(53)69-57)41-31-35-54-48(37-41)46-33-34-52-58(59(46)68(54)43-21-8-3-9-22-43)47-25-12-15-28-51(47)62(52)49-26-13-10-23-44(49)45-24-11-14-27-50(45)62/h1-38,56H,(H,65,66,67). The lowest BCUT2D eigenvalue weighted by molar-refractivity contribution is 0.404. The molecule has 9 aromatic carbocycles. The van der Waals surface area contributed by atoms with E-state index in [4.69, 9.17) is 14.7 Å². The molecule has 1 aromatic heterocycles. The van der Waals surface area contributed by atoms with E-state index in [-0.39, 0.29) is 5.92 Å². The van der Waals surface area contributed by atoms with Crippen LogP contribution in [0.5, 0.6) is 5.75 Å². The van der Waals surface area contributed by atoms with E-state index in [1.807, 2.05) is 12.1 Å². The zero-order valence-electron chi connectivity index (χ0n) is 37.3. The summed E-state index contributed by atoms with van der Waals surface area (Å²) in [5, 5.41) is 6.07. The summed E-state index contributed by atoms with van der Waals surface area (Å²) in [6, 6.07) is 77.6. The van der Waals surface area contributed by atoms with Gasteiger partial charge in [-0.25, -0.2) is 9.98 Å². The van der Waals surface area contributed by atoms with Crippen LogP contribution < -0.4 is 10.1 Å². The van der Waals surface area contributed by atoms with Crippen LogP contribution in [0.3, 0.4) is 0 Å². The second kappa shape index (κ2) is 13.2. The molecule has 3 heterocycles. The Labute approximate surface area is 398 Å². The average Bonchev–Trinajstić information content (AvgIpc) is 3.83. The normalized spacial score (nSPS) is 19.6. The van der Waals surface area contributed by atoms with Crippen molar-refractivity contribution in [1.82, 2.24) is 9.88 Å². The fourth-order valence-electron chi connectivity index (χ4n) is 13.3. The van der Waals surface area contributed by atoms with Crippen molar-refractivity contribution in [3.63, 3.8) is 0 Å².